The first-order chi connectivity index (χ1) is 11.4. The molecule has 0 aliphatic carbocycles. The summed E-state index contributed by atoms with van der Waals surface area (Å²) in [5.41, 5.74) is 1.09. The van der Waals surface area contributed by atoms with Crippen molar-refractivity contribution >= 4 is 22.7 Å². The van der Waals surface area contributed by atoms with Crippen LogP contribution in [0.1, 0.15) is 12.2 Å². The van der Waals surface area contributed by atoms with Crippen LogP contribution in [0, 0.1) is 0 Å². The zero-order valence-electron chi connectivity index (χ0n) is 12.9. The lowest BCUT2D eigenvalue weighted by atomic mass is 10.2. The van der Waals surface area contributed by atoms with Crippen LogP contribution in [0.4, 0.5) is 23.7 Å². The molecule has 0 bridgehead atoms. The first-order valence-corrected chi connectivity index (χ1v) is 7.42. The van der Waals surface area contributed by atoms with Crippen LogP contribution in [0.2, 0.25) is 0 Å². The minimum atomic E-state index is -4.22. The number of hydrogen-bond donors (Lipinski definition) is 0. The van der Waals surface area contributed by atoms with E-state index in [2.05, 4.69) is 0 Å². The van der Waals surface area contributed by atoms with Crippen LogP contribution in [0.5, 0.6) is 0 Å². The molecule has 8 heteroatoms. The number of amides is 1. The molecule has 1 aromatic heterocycles. The number of ether oxygens (including phenoxy) is 2. The molecule has 0 radical (unpaired) electrons. The molecule has 1 atom stereocenters. The summed E-state index contributed by atoms with van der Waals surface area (Å²) in [4.78, 5) is 13.4. The van der Waals surface area contributed by atoms with E-state index in [1.807, 2.05) is 0 Å². The number of halogens is 3. The average Bonchev–Trinajstić information content (AvgIpc) is 3.07. The second kappa shape index (κ2) is 6.35. The fourth-order valence-corrected chi connectivity index (χ4v) is 2.65. The Bertz CT molecular complexity index is 740. The quantitative estimate of drug-likeness (QED) is 0.826. The Morgan fingerprint density at radius 2 is 2.12 bits per heavy atom. The first kappa shape index (κ1) is 16.6. The number of alkyl halides is 3. The van der Waals surface area contributed by atoms with E-state index in [-0.39, 0.29) is 18.3 Å². The number of cyclic esters (lactones) is 1. The smallest absolute Gasteiger partial charge is 0.414 e. The van der Waals surface area contributed by atoms with Gasteiger partial charge in [-0.3, -0.25) is 4.90 Å². The lowest BCUT2D eigenvalue weighted by Crippen LogP contribution is -2.25. The third-order valence-corrected chi connectivity index (χ3v) is 3.74. The van der Waals surface area contributed by atoms with E-state index in [9.17, 15) is 18.0 Å². The van der Waals surface area contributed by atoms with Gasteiger partial charge in [0.05, 0.1) is 19.6 Å². The summed E-state index contributed by atoms with van der Waals surface area (Å²) in [5.74, 6) is 0.265. The van der Waals surface area contributed by atoms with Gasteiger partial charge in [-0.2, -0.15) is 13.2 Å². The van der Waals surface area contributed by atoms with Crippen molar-refractivity contribution in [3.05, 3.63) is 30.0 Å². The molecule has 0 saturated carbocycles. The summed E-state index contributed by atoms with van der Waals surface area (Å²) in [7, 11) is 1.52. The number of fused-ring (bicyclic) bond motifs is 1. The van der Waals surface area contributed by atoms with Gasteiger partial charge in [-0.15, -0.1) is 0 Å². The standard InChI is InChI=1S/C16H16F3NO4/c1-22-9-13-8-20(15(21)24-13)11-2-3-14-10(6-11)7-12(23-14)4-5-16(17,18)19/h2-3,6-7,13H,4-5,8-9H2,1H3/t13-/m1/s1. The second-order valence-electron chi connectivity index (χ2n) is 5.62. The van der Waals surface area contributed by atoms with E-state index >= 15 is 0 Å². The fraction of sp³-hybridized carbons (Fsp3) is 0.438. The van der Waals surface area contributed by atoms with E-state index < -0.39 is 18.7 Å². The van der Waals surface area contributed by atoms with Crippen LogP contribution < -0.4 is 4.90 Å². The molecule has 130 valence electrons. The highest BCUT2D eigenvalue weighted by molar-refractivity contribution is 5.93. The molecule has 0 unspecified atom stereocenters. The van der Waals surface area contributed by atoms with Crippen molar-refractivity contribution < 1.29 is 31.9 Å². The minimum absolute atomic E-state index is 0.213. The normalized spacial score (nSPS) is 18.4. The number of nitrogens with zero attached hydrogens (tertiary/aromatic N) is 1. The van der Waals surface area contributed by atoms with Crippen molar-refractivity contribution in [2.75, 3.05) is 25.2 Å². The fourth-order valence-electron chi connectivity index (χ4n) is 2.65. The van der Waals surface area contributed by atoms with Crippen molar-refractivity contribution in [2.45, 2.75) is 25.1 Å². The Labute approximate surface area is 135 Å². The zero-order valence-corrected chi connectivity index (χ0v) is 12.9. The third kappa shape index (κ3) is 3.64. The molecule has 1 aliphatic rings. The number of furan rings is 1. The molecular weight excluding hydrogens is 327 g/mol. The predicted molar refractivity (Wildman–Crippen MR) is 80.1 cm³/mol. The number of hydrogen-bond acceptors (Lipinski definition) is 4. The molecular formula is C16H16F3NO4. The van der Waals surface area contributed by atoms with Crippen molar-refractivity contribution in [1.82, 2.24) is 0 Å². The van der Waals surface area contributed by atoms with Gasteiger partial charge in [0, 0.05) is 24.6 Å². The first-order valence-electron chi connectivity index (χ1n) is 7.42. The second-order valence-corrected chi connectivity index (χ2v) is 5.62. The number of aryl methyl sites for hydroxylation is 1. The van der Waals surface area contributed by atoms with Crippen LogP contribution in [-0.2, 0) is 15.9 Å². The van der Waals surface area contributed by atoms with Crippen LogP contribution in [0.25, 0.3) is 11.0 Å². The lowest BCUT2D eigenvalue weighted by Gasteiger charge is -2.12. The largest absolute Gasteiger partial charge is 0.461 e. The SMILES string of the molecule is COC[C@H]1CN(c2ccc3oc(CCC(F)(F)F)cc3c2)C(=O)O1. The van der Waals surface area contributed by atoms with Gasteiger partial charge in [0.1, 0.15) is 17.4 Å². The molecule has 1 saturated heterocycles. The summed E-state index contributed by atoms with van der Waals surface area (Å²) >= 11 is 0. The Morgan fingerprint density at radius 1 is 1.33 bits per heavy atom. The molecule has 2 heterocycles. The van der Waals surface area contributed by atoms with Gasteiger partial charge in [0.15, 0.2) is 0 Å². The van der Waals surface area contributed by atoms with Crippen molar-refractivity contribution in [2.24, 2.45) is 0 Å². The van der Waals surface area contributed by atoms with Crippen LogP contribution in [0.3, 0.4) is 0 Å². The molecule has 24 heavy (non-hydrogen) atoms. The molecule has 0 spiro atoms. The third-order valence-electron chi connectivity index (χ3n) is 3.74. The van der Waals surface area contributed by atoms with E-state index in [0.717, 1.165) is 0 Å². The number of rotatable bonds is 5. The number of benzene rings is 1. The van der Waals surface area contributed by atoms with Crippen molar-refractivity contribution in [3.8, 4) is 0 Å². The highest BCUT2D eigenvalue weighted by Crippen LogP contribution is 2.30. The van der Waals surface area contributed by atoms with E-state index in [1.54, 1.807) is 24.3 Å². The maximum atomic E-state index is 12.3. The van der Waals surface area contributed by atoms with Crippen LogP contribution in [-0.4, -0.2) is 38.6 Å². The highest BCUT2D eigenvalue weighted by Gasteiger charge is 2.32. The van der Waals surface area contributed by atoms with E-state index in [1.165, 1.54) is 12.0 Å². The van der Waals surface area contributed by atoms with Gasteiger partial charge in [0.25, 0.3) is 0 Å². The summed E-state index contributed by atoms with van der Waals surface area (Å²) in [6.45, 7) is 0.661. The van der Waals surface area contributed by atoms with E-state index in [4.69, 9.17) is 13.9 Å². The predicted octanol–water partition coefficient (Wildman–Crippen LogP) is 3.90. The summed E-state index contributed by atoms with van der Waals surface area (Å²) < 4.78 is 52.5. The number of carbonyl (C=O) groups excluding carboxylic acids is 1. The molecule has 1 fully saturated rings. The molecule has 1 aliphatic heterocycles. The maximum Gasteiger partial charge on any atom is 0.414 e. The molecule has 2 aromatic rings. The number of anilines is 1. The van der Waals surface area contributed by atoms with Gasteiger partial charge < -0.3 is 13.9 Å². The Hall–Kier alpha value is -2.22. The van der Waals surface area contributed by atoms with Gasteiger partial charge in [-0.1, -0.05) is 0 Å². The summed E-state index contributed by atoms with van der Waals surface area (Å²) in [5, 5.41) is 0.646. The molecule has 1 aromatic carbocycles. The van der Waals surface area contributed by atoms with Gasteiger partial charge in [-0.05, 0) is 24.3 Å². The van der Waals surface area contributed by atoms with Crippen molar-refractivity contribution in [3.63, 3.8) is 0 Å². The summed E-state index contributed by atoms with van der Waals surface area (Å²) in [6.07, 6.45) is -6.19. The topological polar surface area (TPSA) is 51.9 Å². The lowest BCUT2D eigenvalue weighted by molar-refractivity contribution is -0.134. The monoisotopic (exact) mass is 343 g/mol. The highest BCUT2D eigenvalue weighted by atomic mass is 19.4. The van der Waals surface area contributed by atoms with E-state index in [0.29, 0.717) is 29.8 Å². The van der Waals surface area contributed by atoms with Crippen LogP contribution >= 0.6 is 0 Å². The average molecular weight is 343 g/mol. The molecule has 1 amide bonds. The molecule has 5 nitrogen and oxygen atoms in total. The number of carbonyl (C=O) groups is 1. The van der Waals surface area contributed by atoms with Gasteiger partial charge >= 0.3 is 12.3 Å². The van der Waals surface area contributed by atoms with Crippen LogP contribution in [0.15, 0.2) is 28.7 Å². The summed E-state index contributed by atoms with van der Waals surface area (Å²) in [6, 6.07) is 6.58. The van der Waals surface area contributed by atoms with Gasteiger partial charge in [0.2, 0.25) is 0 Å². The van der Waals surface area contributed by atoms with Gasteiger partial charge in [-0.25, -0.2) is 4.79 Å². The molecule has 0 N–H and O–H groups in total. The maximum absolute atomic E-state index is 12.3. The Balaban J connectivity index is 1.77. The Kier molecular flexibility index (Phi) is 4.40. The zero-order chi connectivity index (χ0) is 17.3. The number of methoxy groups -OCH3 is 1. The minimum Gasteiger partial charge on any atom is -0.461 e. The molecule has 3 rings (SSSR count). The Morgan fingerprint density at radius 3 is 2.83 bits per heavy atom. The van der Waals surface area contributed by atoms with Crippen molar-refractivity contribution in [1.29, 1.82) is 0 Å².